The zero-order chi connectivity index (χ0) is 8.27. The van der Waals surface area contributed by atoms with Crippen LogP contribution in [0.4, 0.5) is 5.69 Å². The molecule has 0 unspecified atom stereocenters. The average Bonchev–Trinajstić information content (AvgIpc) is 1.98. The number of ether oxygens (including phenoxy) is 1. The lowest BCUT2D eigenvalue weighted by atomic mass is 10.1. The van der Waals surface area contributed by atoms with E-state index in [-0.39, 0.29) is 0 Å². The number of methoxy groups -OCH3 is 1. The summed E-state index contributed by atoms with van der Waals surface area (Å²) < 4.78 is 4.98. The summed E-state index contributed by atoms with van der Waals surface area (Å²) in [5.74, 6) is 0. The lowest BCUT2D eigenvalue weighted by Gasteiger charge is -2.03. The molecule has 11 heavy (non-hydrogen) atoms. The first kappa shape index (κ1) is 8.08. The molecule has 0 aliphatic heterocycles. The fraction of sp³-hybridized carbons (Fsp3) is 0.333. The standard InChI is InChI=1S/C9H13NO/c1-7-5-8(6-11-2)3-4-9(7)10/h3-5H,6,10H2,1-2H3. The summed E-state index contributed by atoms with van der Waals surface area (Å²) >= 11 is 0. The highest BCUT2D eigenvalue weighted by atomic mass is 16.5. The summed E-state index contributed by atoms with van der Waals surface area (Å²) in [5, 5.41) is 0. The number of benzene rings is 1. The van der Waals surface area contributed by atoms with E-state index in [4.69, 9.17) is 10.5 Å². The molecule has 0 fully saturated rings. The molecule has 60 valence electrons. The van der Waals surface area contributed by atoms with Gasteiger partial charge in [-0.1, -0.05) is 12.1 Å². The van der Waals surface area contributed by atoms with Crippen molar-refractivity contribution in [2.24, 2.45) is 0 Å². The summed E-state index contributed by atoms with van der Waals surface area (Å²) in [4.78, 5) is 0. The van der Waals surface area contributed by atoms with E-state index < -0.39 is 0 Å². The Labute approximate surface area is 67.0 Å². The van der Waals surface area contributed by atoms with Crippen LogP contribution in [0.25, 0.3) is 0 Å². The van der Waals surface area contributed by atoms with E-state index in [1.54, 1.807) is 7.11 Å². The molecule has 0 atom stereocenters. The number of nitrogen functional groups attached to an aromatic ring is 1. The number of hydrogen-bond donors (Lipinski definition) is 1. The van der Waals surface area contributed by atoms with Crippen molar-refractivity contribution in [2.75, 3.05) is 12.8 Å². The SMILES string of the molecule is COCc1ccc(N)c(C)c1. The van der Waals surface area contributed by atoms with Crippen LogP contribution in [0.3, 0.4) is 0 Å². The third-order valence-corrected chi connectivity index (χ3v) is 1.65. The van der Waals surface area contributed by atoms with E-state index in [1.165, 1.54) is 5.56 Å². The van der Waals surface area contributed by atoms with Gasteiger partial charge >= 0.3 is 0 Å². The van der Waals surface area contributed by atoms with Crippen molar-refractivity contribution < 1.29 is 4.74 Å². The molecule has 0 aliphatic rings. The van der Waals surface area contributed by atoms with Gasteiger partial charge in [-0.2, -0.15) is 0 Å². The van der Waals surface area contributed by atoms with Gasteiger partial charge in [-0.3, -0.25) is 0 Å². The van der Waals surface area contributed by atoms with E-state index in [0.717, 1.165) is 11.3 Å². The van der Waals surface area contributed by atoms with E-state index in [9.17, 15) is 0 Å². The van der Waals surface area contributed by atoms with Crippen LogP contribution in [0.5, 0.6) is 0 Å². The molecule has 0 bridgehead atoms. The van der Waals surface area contributed by atoms with E-state index >= 15 is 0 Å². The van der Waals surface area contributed by atoms with Gasteiger partial charge in [-0.05, 0) is 24.1 Å². The highest BCUT2D eigenvalue weighted by Gasteiger charge is 1.94. The third-order valence-electron chi connectivity index (χ3n) is 1.65. The maximum absolute atomic E-state index is 5.64. The fourth-order valence-electron chi connectivity index (χ4n) is 0.994. The van der Waals surface area contributed by atoms with Crippen LogP contribution < -0.4 is 5.73 Å². The summed E-state index contributed by atoms with van der Waals surface area (Å²) in [6.45, 7) is 2.65. The largest absolute Gasteiger partial charge is 0.399 e. The number of hydrogen-bond acceptors (Lipinski definition) is 2. The summed E-state index contributed by atoms with van der Waals surface area (Å²) in [7, 11) is 1.69. The average molecular weight is 151 g/mol. The maximum Gasteiger partial charge on any atom is 0.0713 e. The van der Waals surface area contributed by atoms with Gasteiger partial charge in [0.25, 0.3) is 0 Å². The Balaban J connectivity index is 2.86. The van der Waals surface area contributed by atoms with E-state index in [2.05, 4.69) is 0 Å². The molecule has 0 saturated carbocycles. The van der Waals surface area contributed by atoms with Crippen molar-refractivity contribution in [1.29, 1.82) is 0 Å². The highest BCUT2D eigenvalue weighted by Crippen LogP contribution is 2.12. The van der Waals surface area contributed by atoms with Gasteiger partial charge in [0.15, 0.2) is 0 Å². The van der Waals surface area contributed by atoms with Crippen LogP contribution in [-0.2, 0) is 11.3 Å². The van der Waals surface area contributed by atoms with Crippen LogP contribution >= 0.6 is 0 Å². The Kier molecular flexibility index (Phi) is 2.49. The van der Waals surface area contributed by atoms with Crippen molar-refractivity contribution >= 4 is 5.69 Å². The van der Waals surface area contributed by atoms with Crippen LogP contribution in [0.2, 0.25) is 0 Å². The first-order valence-corrected chi connectivity index (χ1v) is 3.58. The Bertz CT molecular complexity index is 245. The molecule has 1 aromatic rings. The molecule has 0 saturated heterocycles. The van der Waals surface area contributed by atoms with Gasteiger partial charge in [0, 0.05) is 12.8 Å². The van der Waals surface area contributed by atoms with Crippen LogP contribution in [0.1, 0.15) is 11.1 Å². The van der Waals surface area contributed by atoms with Gasteiger partial charge in [-0.15, -0.1) is 0 Å². The van der Waals surface area contributed by atoms with E-state index in [0.29, 0.717) is 6.61 Å². The minimum absolute atomic E-state index is 0.654. The van der Waals surface area contributed by atoms with Gasteiger partial charge < -0.3 is 10.5 Å². The molecule has 2 nitrogen and oxygen atoms in total. The lowest BCUT2D eigenvalue weighted by molar-refractivity contribution is 0.185. The number of nitrogens with two attached hydrogens (primary N) is 1. The Morgan fingerprint density at radius 2 is 2.18 bits per heavy atom. The topological polar surface area (TPSA) is 35.2 Å². The normalized spacial score (nSPS) is 10.0. The third kappa shape index (κ3) is 1.95. The Hall–Kier alpha value is -1.02. The van der Waals surface area contributed by atoms with E-state index in [1.807, 2.05) is 25.1 Å². The van der Waals surface area contributed by atoms with Gasteiger partial charge in [0.05, 0.1) is 6.61 Å². The zero-order valence-corrected chi connectivity index (χ0v) is 6.92. The monoisotopic (exact) mass is 151 g/mol. The highest BCUT2D eigenvalue weighted by molar-refractivity contribution is 5.47. The molecule has 0 spiro atoms. The minimum atomic E-state index is 0.654. The molecule has 1 aromatic carbocycles. The zero-order valence-electron chi connectivity index (χ0n) is 6.92. The molecule has 1 rings (SSSR count). The van der Waals surface area contributed by atoms with Crippen molar-refractivity contribution in [3.8, 4) is 0 Å². The molecular formula is C9H13NO. The second-order valence-corrected chi connectivity index (χ2v) is 2.62. The Morgan fingerprint density at radius 3 is 2.73 bits per heavy atom. The molecule has 0 aromatic heterocycles. The smallest absolute Gasteiger partial charge is 0.0713 e. The van der Waals surface area contributed by atoms with Gasteiger partial charge in [0.2, 0.25) is 0 Å². The van der Waals surface area contributed by atoms with Crippen molar-refractivity contribution in [3.05, 3.63) is 29.3 Å². The van der Waals surface area contributed by atoms with Gasteiger partial charge in [-0.25, -0.2) is 0 Å². The molecule has 0 amide bonds. The second kappa shape index (κ2) is 3.39. The van der Waals surface area contributed by atoms with Crippen molar-refractivity contribution in [2.45, 2.75) is 13.5 Å². The summed E-state index contributed by atoms with van der Waals surface area (Å²) in [5.41, 5.74) is 8.76. The number of rotatable bonds is 2. The fourth-order valence-corrected chi connectivity index (χ4v) is 0.994. The molecule has 0 heterocycles. The van der Waals surface area contributed by atoms with Crippen molar-refractivity contribution in [3.63, 3.8) is 0 Å². The second-order valence-electron chi connectivity index (χ2n) is 2.62. The molecule has 0 aliphatic carbocycles. The number of aryl methyl sites for hydroxylation is 1. The molecule has 2 N–H and O–H groups in total. The first-order valence-electron chi connectivity index (χ1n) is 3.58. The van der Waals surface area contributed by atoms with Crippen LogP contribution in [0, 0.1) is 6.92 Å². The quantitative estimate of drug-likeness (QED) is 0.653. The minimum Gasteiger partial charge on any atom is -0.399 e. The lowest BCUT2D eigenvalue weighted by Crippen LogP contribution is -1.92. The summed E-state index contributed by atoms with van der Waals surface area (Å²) in [6.07, 6.45) is 0. The first-order chi connectivity index (χ1) is 5.24. The van der Waals surface area contributed by atoms with Crippen molar-refractivity contribution in [1.82, 2.24) is 0 Å². The molecule has 0 radical (unpaired) electrons. The Morgan fingerprint density at radius 1 is 1.45 bits per heavy atom. The predicted octanol–water partition coefficient (Wildman–Crippen LogP) is 1.72. The summed E-state index contributed by atoms with van der Waals surface area (Å²) in [6, 6.07) is 5.92. The predicted molar refractivity (Wildman–Crippen MR) is 46.3 cm³/mol. The van der Waals surface area contributed by atoms with Crippen LogP contribution in [-0.4, -0.2) is 7.11 Å². The maximum atomic E-state index is 5.64. The molecular weight excluding hydrogens is 138 g/mol. The molecule has 2 heteroatoms. The van der Waals surface area contributed by atoms with Crippen LogP contribution in [0.15, 0.2) is 18.2 Å². The van der Waals surface area contributed by atoms with Gasteiger partial charge in [0.1, 0.15) is 0 Å². The number of anilines is 1.